The zero-order chi connectivity index (χ0) is 28.1. The van der Waals surface area contributed by atoms with Gasteiger partial charge in [-0.05, 0) is 36.4 Å². The van der Waals surface area contributed by atoms with Crippen LogP contribution in [0.15, 0.2) is 108 Å². The molecule has 5 rings (SSSR count). The zero-order valence-corrected chi connectivity index (χ0v) is 21.7. The number of furan rings is 1. The van der Waals surface area contributed by atoms with Gasteiger partial charge in [0.15, 0.2) is 0 Å². The molecule has 2 amide bonds. The number of anilines is 1. The maximum Gasteiger partial charge on any atom is 0.288 e. The van der Waals surface area contributed by atoms with Crippen LogP contribution in [0.25, 0.3) is 16.9 Å². The topological polar surface area (TPSA) is 124 Å². The molecule has 3 aromatic carbocycles. The number of benzene rings is 3. The van der Waals surface area contributed by atoms with Crippen LogP contribution >= 0.6 is 11.6 Å². The van der Waals surface area contributed by atoms with E-state index < -0.39 is 22.4 Å². The van der Waals surface area contributed by atoms with Crippen molar-refractivity contribution in [3.8, 4) is 16.9 Å². The van der Waals surface area contributed by atoms with Crippen molar-refractivity contribution < 1.29 is 18.9 Å². The smallest absolute Gasteiger partial charge is 0.288 e. The number of hydrogen-bond acceptors (Lipinski definition) is 6. The van der Waals surface area contributed by atoms with Gasteiger partial charge >= 0.3 is 0 Å². The number of halogens is 1. The van der Waals surface area contributed by atoms with E-state index >= 15 is 0 Å². The Morgan fingerprint density at radius 2 is 1.70 bits per heavy atom. The summed E-state index contributed by atoms with van der Waals surface area (Å²) in [6.07, 6.45) is 1.45. The number of nitrogens with one attached hydrogen (secondary N) is 1. The van der Waals surface area contributed by atoms with Crippen LogP contribution in [0.3, 0.4) is 0 Å². The van der Waals surface area contributed by atoms with Crippen molar-refractivity contribution in [2.24, 2.45) is 0 Å². The van der Waals surface area contributed by atoms with Crippen molar-refractivity contribution in [1.29, 1.82) is 0 Å². The van der Waals surface area contributed by atoms with Gasteiger partial charge in [-0.3, -0.25) is 19.7 Å². The van der Waals surface area contributed by atoms with E-state index in [4.69, 9.17) is 21.1 Å². The Bertz CT molecular complexity index is 1650. The second-order valence-corrected chi connectivity index (χ2v) is 9.15. The van der Waals surface area contributed by atoms with Crippen LogP contribution in [0.5, 0.6) is 0 Å². The van der Waals surface area contributed by atoms with Crippen molar-refractivity contribution in [2.75, 3.05) is 11.9 Å². The summed E-state index contributed by atoms with van der Waals surface area (Å²) in [6.45, 7) is -0.403. The molecule has 0 radical (unpaired) electrons. The van der Waals surface area contributed by atoms with E-state index in [2.05, 4.69) is 5.32 Å². The third-order valence-electron chi connectivity index (χ3n) is 5.99. The normalized spacial score (nSPS) is 10.7. The lowest BCUT2D eigenvalue weighted by atomic mass is 10.1. The van der Waals surface area contributed by atoms with E-state index in [1.165, 1.54) is 23.3 Å². The molecule has 1 N–H and O–H groups in total. The molecular formula is C29H22ClN5O5. The molecule has 0 spiro atoms. The summed E-state index contributed by atoms with van der Waals surface area (Å²) in [5.74, 6) is -0.263. The highest BCUT2D eigenvalue weighted by Gasteiger charge is 2.24. The fraction of sp³-hybridized carbons (Fsp3) is 0.0690. The molecule has 0 saturated carbocycles. The van der Waals surface area contributed by atoms with E-state index in [1.807, 2.05) is 60.7 Å². The maximum absolute atomic E-state index is 13.4. The largest absolute Gasteiger partial charge is 0.467 e. The first-order valence-corrected chi connectivity index (χ1v) is 12.5. The van der Waals surface area contributed by atoms with Crippen molar-refractivity contribution in [2.45, 2.75) is 6.54 Å². The average Bonchev–Trinajstić information content (AvgIpc) is 3.63. The number of carbonyl (C=O) groups excluding carboxylic acids is 2. The Morgan fingerprint density at radius 1 is 0.975 bits per heavy atom. The van der Waals surface area contributed by atoms with Gasteiger partial charge in [0.05, 0.1) is 29.1 Å². The molecule has 11 heteroatoms. The molecule has 0 aliphatic rings. The molecule has 5 aromatic rings. The average molecular weight is 556 g/mol. The fourth-order valence-electron chi connectivity index (χ4n) is 4.10. The van der Waals surface area contributed by atoms with Gasteiger partial charge in [-0.1, -0.05) is 60.1 Å². The lowest BCUT2D eigenvalue weighted by molar-refractivity contribution is -0.384. The first-order valence-electron chi connectivity index (χ1n) is 12.2. The SMILES string of the molecule is O=C(CN(Cc1ccco1)C(=O)c1ccc(Cl)c([N+](=O)[O-])c1)Nc1cc(-c2ccccc2)nn1-c1ccccc1. The third kappa shape index (κ3) is 5.92. The summed E-state index contributed by atoms with van der Waals surface area (Å²) in [6, 6.07) is 27.7. The predicted molar refractivity (Wildman–Crippen MR) is 149 cm³/mol. The Kier molecular flexibility index (Phi) is 7.70. The molecule has 2 aromatic heterocycles. The van der Waals surface area contributed by atoms with Crippen LogP contribution in [0, 0.1) is 10.1 Å². The number of nitrogens with zero attached hydrogens (tertiary/aromatic N) is 4. The fourth-order valence-corrected chi connectivity index (χ4v) is 4.29. The molecular weight excluding hydrogens is 534 g/mol. The Morgan fingerprint density at radius 3 is 2.38 bits per heavy atom. The van der Waals surface area contributed by atoms with Gasteiger partial charge in [0.1, 0.15) is 23.1 Å². The van der Waals surface area contributed by atoms with Gasteiger partial charge in [0.2, 0.25) is 5.91 Å². The summed E-state index contributed by atoms with van der Waals surface area (Å²) >= 11 is 5.92. The van der Waals surface area contributed by atoms with Crippen LogP contribution in [-0.2, 0) is 11.3 Å². The van der Waals surface area contributed by atoms with Gasteiger partial charge in [0.25, 0.3) is 11.6 Å². The van der Waals surface area contributed by atoms with Gasteiger partial charge in [-0.25, -0.2) is 4.68 Å². The van der Waals surface area contributed by atoms with E-state index in [0.717, 1.165) is 17.3 Å². The zero-order valence-electron chi connectivity index (χ0n) is 20.9. The number of aromatic nitrogens is 2. The Hall–Kier alpha value is -5.22. The second-order valence-electron chi connectivity index (χ2n) is 8.74. The molecule has 0 fully saturated rings. The first kappa shape index (κ1) is 26.4. The van der Waals surface area contributed by atoms with Crippen LogP contribution in [0.4, 0.5) is 11.5 Å². The maximum atomic E-state index is 13.4. The minimum absolute atomic E-state index is 0.0103. The Labute approximate surface area is 233 Å². The predicted octanol–water partition coefficient (Wildman–Crippen LogP) is 5.98. The lowest BCUT2D eigenvalue weighted by Gasteiger charge is -2.21. The molecule has 0 aliphatic carbocycles. The van der Waals surface area contributed by atoms with Crippen LogP contribution in [-0.4, -0.2) is 38.0 Å². The van der Waals surface area contributed by atoms with Crippen molar-refractivity contribution in [3.05, 3.63) is 130 Å². The molecule has 10 nitrogen and oxygen atoms in total. The van der Waals surface area contributed by atoms with Gasteiger partial charge in [0, 0.05) is 23.3 Å². The van der Waals surface area contributed by atoms with E-state index in [9.17, 15) is 19.7 Å². The first-order chi connectivity index (χ1) is 19.4. The van der Waals surface area contributed by atoms with Gasteiger partial charge in [-0.2, -0.15) is 5.10 Å². The molecule has 0 atom stereocenters. The number of rotatable bonds is 9. The molecule has 40 heavy (non-hydrogen) atoms. The van der Waals surface area contributed by atoms with E-state index in [0.29, 0.717) is 17.3 Å². The number of nitro benzene ring substituents is 1. The third-order valence-corrected chi connectivity index (χ3v) is 6.31. The quantitative estimate of drug-likeness (QED) is 0.176. The monoisotopic (exact) mass is 555 g/mol. The highest BCUT2D eigenvalue weighted by atomic mass is 35.5. The van der Waals surface area contributed by atoms with E-state index in [-0.39, 0.29) is 23.7 Å². The highest BCUT2D eigenvalue weighted by Crippen LogP contribution is 2.27. The number of para-hydroxylation sites is 1. The minimum atomic E-state index is -0.669. The second kappa shape index (κ2) is 11.7. The number of carbonyl (C=O) groups is 2. The van der Waals surface area contributed by atoms with Crippen LogP contribution < -0.4 is 5.32 Å². The molecule has 0 saturated heterocycles. The minimum Gasteiger partial charge on any atom is -0.467 e. The molecule has 0 aliphatic heterocycles. The summed E-state index contributed by atoms with van der Waals surface area (Å²) in [5, 5.41) is 18.8. The van der Waals surface area contributed by atoms with E-state index in [1.54, 1.807) is 22.9 Å². The standard InChI is InChI=1S/C29H22ClN5O5/c30-24-14-13-21(16-26(24)35(38)39)29(37)33(18-23-12-7-15-40-23)19-28(36)31-27-17-25(20-8-3-1-4-9-20)32-34(27)22-10-5-2-6-11-22/h1-17H,18-19H2,(H,31,36). The number of amides is 2. The highest BCUT2D eigenvalue weighted by molar-refractivity contribution is 6.32. The molecule has 200 valence electrons. The summed E-state index contributed by atoms with van der Waals surface area (Å²) in [4.78, 5) is 38.7. The van der Waals surface area contributed by atoms with Crippen molar-refractivity contribution in [1.82, 2.24) is 14.7 Å². The summed E-state index contributed by atoms with van der Waals surface area (Å²) in [7, 11) is 0. The molecule has 0 unspecified atom stereocenters. The van der Waals surface area contributed by atoms with Gasteiger partial charge in [-0.15, -0.1) is 0 Å². The van der Waals surface area contributed by atoms with Crippen LogP contribution in [0.1, 0.15) is 16.1 Å². The summed E-state index contributed by atoms with van der Waals surface area (Å²) in [5.41, 5.74) is 1.85. The summed E-state index contributed by atoms with van der Waals surface area (Å²) < 4.78 is 7.00. The molecule has 2 heterocycles. The van der Waals surface area contributed by atoms with Crippen LogP contribution in [0.2, 0.25) is 5.02 Å². The lowest BCUT2D eigenvalue weighted by Crippen LogP contribution is -2.37. The number of hydrogen-bond donors (Lipinski definition) is 1. The van der Waals surface area contributed by atoms with Gasteiger partial charge < -0.3 is 14.6 Å². The van der Waals surface area contributed by atoms with Crippen molar-refractivity contribution >= 4 is 34.9 Å². The number of nitro groups is 1. The Balaban J connectivity index is 1.43. The van der Waals surface area contributed by atoms with Crippen molar-refractivity contribution in [3.63, 3.8) is 0 Å². The molecule has 0 bridgehead atoms.